The minimum Gasteiger partial charge on any atom is -0.479 e. The van der Waals surface area contributed by atoms with E-state index in [0.29, 0.717) is 0 Å². The Hall–Kier alpha value is -2.27. The highest BCUT2D eigenvalue weighted by atomic mass is 16.6. The number of rotatable bonds is 6. The minimum atomic E-state index is -2.36. The van der Waals surface area contributed by atoms with Crippen molar-refractivity contribution in [1.82, 2.24) is 9.55 Å². The molecule has 0 unspecified atom stereocenters. The van der Waals surface area contributed by atoms with Gasteiger partial charge in [-0.05, 0) is 0 Å². The van der Waals surface area contributed by atoms with Crippen molar-refractivity contribution in [3.8, 4) is 0 Å². The zero-order chi connectivity index (χ0) is 17.2. The van der Waals surface area contributed by atoms with Gasteiger partial charge in [-0.1, -0.05) is 6.08 Å². The number of carboxylic acids is 1. The molecule has 0 aliphatic carbocycles. The van der Waals surface area contributed by atoms with E-state index >= 15 is 0 Å². The van der Waals surface area contributed by atoms with Crippen LogP contribution in [-0.2, 0) is 14.3 Å². The molecule has 4 N–H and O–H groups in total. The third kappa shape index (κ3) is 2.84. The number of carboxylic acid groups (broad SMARTS) is 1. The number of hydrogen-bond acceptors (Lipinski definition) is 7. The van der Waals surface area contributed by atoms with Gasteiger partial charge in [0, 0.05) is 12.3 Å². The Bertz CT molecular complexity index is 710. The SMILES string of the molecule is C=CCO[C@H]1[C@H](n2ccc(=O)[nH]c2=O)O[C@@](CO)(C(=O)O)[C@H]1O. The van der Waals surface area contributed by atoms with Crippen LogP contribution in [0.15, 0.2) is 34.5 Å². The van der Waals surface area contributed by atoms with Crippen LogP contribution in [0.1, 0.15) is 6.23 Å². The molecule has 2 heterocycles. The highest BCUT2D eigenvalue weighted by molar-refractivity contribution is 5.79. The van der Waals surface area contributed by atoms with Gasteiger partial charge in [-0.15, -0.1) is 6.58 Å². The van der Waals surface area contributed by atoms with E-state index in [2.05, 4.69) is 6.58 Å². The summed E-state index contributed by atoms with van der Waals surface area (Å²) in [6, 6.07) is 1.03. The van der Waals surface area contributed by atoms with Crippen LogP contribution in [0.5, 0.6) is 0 Å². The van der Waals surface area contributed by atoms with E-state index in [9.17, 15) is 29.7 Å². The smallest absolute Gasteiger partial charge is 0.341 e. The molecule has 1 aliphatic rings. The van der Waals surface area contributed by atoms with Gasteiger partial charge < -0.3 is 24.8 Å². The van der Waals surface area contributed by atoms with Crippen molar-refractivity contribution >= 4 is 5.97 Å². The van der Waals surface area contributed by atoms with Gasteiger partial charge in [-0.2, -0.15) is 0 Å². The standard InChI is InChI=1S/C13H16N2O8/c1-2-5-22-8-9(18)13(6-16,11(19)20)23-10(8)15-4-3-7(17)14-12(15)21/h2-4,8-10,16,18H,1,5-6H2,(H,19,20)(H,14,17,21)/t8-,9+,10-,13-/m1/s1. The van der Waals surface area contributed by atoms with Crippen molar-refractivity contribution in [2.24, 2.45) is 0 Å². The van der Waals surface area contributed by atoms with E-state index in [0.717, 1.165) is 16.8 Å². The zero-order valence-electron chi connectivity index (χ0n) is 11.9. The Balaban J connectivity index is 2.50. The maximum absolute atomic E-state index is 11.9. The summed E-state index contributed by atoms with van der Waals surface area (Å²) in [5, 5.41) is 28.9. The Labute approximate surface area is 129 Å². The van der Waals surface area contributed by atoms with Crippen LogP contribution in [0.4, 0.5) is 0 Å². The molecule has 10 heteroatoms. The second kappa shape index (κ2) is 6.46. The molecule has 4 atom stereocenters. The molecule has 23 heavy (non-hydrogen) atoms. The van der Waals surface area contributed by atoms with Crippen molar-refractivity contribution in [2.75, 3.05) is 13.2 Å². The van der Waals surface area contributed by atoms with E-state index < -0.39 is 47.9 Å². The lowest BCUT2D eigenvalue weighted by atomic mass is 9.96. The van der Waals surface area contributed by atoms with E-state index in [1.807, 2.05) is 4.98 Å². The Morgan fingerprint density at radius 2 is 2.26 bits per heavy atom. The predicted octanol–water partition coefficient (Wildman–Crippen LogP) is -2.19. The van der Waals surface area contributed by atoms with Gasteiger partial charge in [0.1, 0.15) is 12.2 Å². The second-order valence-electron chi connectivity index (χ2n) is 4.91. The molecule has 0 amide bonds. The topological polar surface area (TPSA) is 151 Å². The molecule has 0 spiro atoms. The van der Waals surface area contributed by atoms with Crippen molar-refractivity contribution in [2.45, 2.75) is 24.0 Å². The number of aliphatic hydroxyl groups excluding tert-OH is 2. The summed E-state index contributed by atoms with van der Waals surface area (Å²) in [4.78, 5) is 36.4. The molecule has 1 aromatic rings. The molecule has 126 valence electrons. The first kappa shape index (κ1) is 17.1. The fourth-order valence-corrected chi connectivity index (χ4v) is 2.34. The van der Waals surface area contributed by atoms with Crippen molar-refractivity contribution in [1.29, 1.82) is 0 Å². The van der Waals surface area contributed by atoms with Crippen LogP contribution in [0.3, 0.4) is 0 Å². The number of H-pyrrole nitrogens is 1. The highest BCUT2D eigenvalue weighted by Crippen LogP contribution is 2.38. The van der Waals surface area contributed by atoms with E-state index in [-0.39, 0.29) is 6.61 Å². The molecule has 0 bridgehead atoms. The normalized spacial score (nSPS) is 30.3. The number of aliphatic carboxylic acids is 1. The monoisotopic (exact) mass is 328 g/mol. The predicted molar refractivity (Wildman–Crippen MR) is 74.8 cm³/mol. The average molecular weight is 328 g/mol. The molecule has 0 aromatic carbocycles. The van der Waals surface area contributed by atoms with Crippen molar-refractivity contribution in [3.05, 3.63) is 45.8 Å². The molecule has 0 radical (unpaired) electrons. The molecule has 0 saturated carbocycles. The Kier molecular flexibility index (Phi) is 4.80. The average Bonchev–Trinajstić information content (AvgIpc) is 2.78. The maximum Gasteiger partial charge on any atom is 0.341 e. The molecular formula is C13H16N2O8. The van der Waals surface area contributed by atoms with E-state index in [4.69, 9.17) is 9.47 Å². The maximum atomic E-state index is 11.9. The van der Waals surface area contributed by atoms with Gasteiger partial charge in [-0.25, -0.2) is 9.59 Å². The first-order chi connectivity index (χ1) is 10.9. The summed E-state index contributed by atoms with van der Waals surface area (Å²) >= 11 is 0. The van der Waals surface area contributed by atoms with Crippen LogP contribution in [-0.4, -0.2) is 61.9 Å². The molecule has 1 aliphatic heterocycles. The summed E-state index contributed by atoms with van der Waals surface area (Å²) in [6.45, 7) is 2.35. The number of ether oxygens (including phenoxy) is 2. The van der Waals surface area contributed by atoms with Gasteiger partial charge >= 0.3 is 11.7 Å². The lowest BCUT2D eigenvalue weighted by molar-refractivity contribution is -0.184. The fourth-order valence-electron chi connectivity index (χ4n) is 2.34. The molecule has 1 fully saturated rings. The Morgan fingerprint density at radius 1 is 1.57 bits per heavy atom. The first-order valence-corrected chi connectivity index (χ1v) is 6.61. The molecular weight excluding hydrogens is 312 g/mol. The van der Waals surface area contributed by atoms with Gasteiger partial charge in [0.05, 0.1) is 13.2 Å². The fraction of sp³-hybridized carbons (Fsp3) is 0.462. The lowest BCUT2D eigenvalue weighted by Gasteiger charge is -2.25. The van der Waals surface area contributed by atoms with Crippen LogP contribution < -0.4 is 11.2 Å². The summed E-state index contributed by atoms with van der Waals surface area (Å²) in [6.07, 6.45) is -1.96. The number of nitrogens with zero attached hydrogens (tertiary/aromatic N) is 1. The van der Waals surface area contributed by atoms with Crippen LogP contribution in [0.2, 0.25) is 0 Å². The summed E-state index contributed by atoms with van der Waals surface area (Å²) in [7, 11) is 0. The molecule has 10 nitrogen and oxygen atoms in total. The highest BCUT2D eigenvalue weighted by Gasteiger charge is 2.61. The number of aromatic nitrogens is 2. The van der Waals surface area contributed by atoms with Gasteiger partial charge in [0.15, 0.2) is 6.23 Å². The molecule has 1 saturated heterocycles. The van der Waals surface area contributed by atoms with Crippen LogP contribution in [0.25, 0.3) is 0 Å². The van der Waals surface area contributed by atoms with Gasteiger partial charge in [-0.3, -0.25) is 14.3 Å². The summed E-state index contributed by atoms with van der Waals surface area (Å²) in [5.74, 6) is -1.61. The zero-order valence-corrected chi connectivity index (χ0v) is 11.9. The second-order valence-corrected chi connectivity index (χ2v) is 4.91. The third-order valence-corrected chi connectivity index (χ3v) is 3.53. The lowest BCUT2D eigenvalue weighted by Crippen LogP contribution is -2.53. The number of carbonyl (C=O) groups is 1. The van der Waals surface area contributed by atoms with Crippen molar-refractivity contribution < 1.29 is 29.6 Å². The summed E-state index contributed by atoms with van der Waals surface area (Å²) < 4.78 is 11.4. The van der Waals surface area contributed by atoms with Gasteiger partial charge in [0.2, 0.25) is 5.60 Å². The van der Waals surface area contributed by atoms with E-state index in [1.165, 1.54) is 6.08 Å². The van der Waals surface area contributed by atoms with Crippen molar-refractivity contribution in [3.63, 3.8) is 0 Å². The number of nitrogens with one attached hydrogen (secondary N) is 1. The number of hydrogen-bond donors (Lipinski definition) is 4. The van der Waals surface area contributed by atoms with E-state index in [1.54, 1.807) is 0 Å². The Morgan fingerprint density at radius 3 is 2.78 bits per heavy atom. The quantitative estimate of drug-likeness (QED) is 0.430. The van der Waals surface area contributed by atoms with Gasteiger partial charge in [0.25, 0.3) is 5.56 Å². The molecule has 1 aromatic heterocycles. The third-order valence-electron chi connectivity index (χ3n) is 3.53. The minimum absolute atomic E-state index is 0.0547. The summed E-state index contributed by atoms with van der Waals surface area (Å²) in [5.41, 5.74) is -3.88. The largest absolute Gasteiger partial charge is 0.479 e. The number of aromatic amines is 1. The molecule has 2 rings (SSSR count). The van der Waals surface area contributed by atoms with Crippen LogP contribution in [0, 0.1) is 0 Å². The van der Waals surface area contributed by atoms with Crippen LogP contribution >= 0.6 is 0 Å². The first-order valence-electron chi connectivity index (χ1n) is 6.61. The number of aliphatic hydroxyl groups is 2.